The average molecular weight is 709 g/mol. The minimum Gasteiger partial charge on any atom is -0.306 e. The quantitative estimate of drug-likeness (QED) is 0.129. The molecule has 0 saturated heterocycles. The van der Waals surface area contributed by atoms with Crippen LogP contribution in [0.3, 0.4) is 0 Å². The lowest BCUT2D eigenvalue weighted by Gasteiger charge is -2.34. The first-order chi connectivity index (χ1) is 26.4. The molecular weight excluding hydrogens is 671 g/mol. The fourth-order valence-corrected chi connectivity index (χ4v) is 10.9. The van der Waals surface area contributed by atoms with E-state index >= 15 is 0 Å². The van der Waals surface area contributed by atoms with E-state index in [2.05, 4.69) is 166 Å². The predicted molar refractivity (Wildman–Crippen MR) is 235 cm³/mol. The van der Waals surface area contributed by atoms with Crippen LogP contribution in [0.1, 0.15) is 49.4 Å². The number of anilines is 1. The molecule has 0 amide bonds. The van der Waals surface area contributed by atoms with Crippen LogP contribution in [0.2, 0.25) is 0 Å². The smallest absolute Gasteiger partial charge is 0.242 e. The van der Waals surface area contributed by atoms with E-state index in [4.69, 9.17) is 4.99 Å². The molecule has 7 aromatic carbocycles. The van der Waals surface area contributed by atoms with Crippen LogP contribution in [0.15, 0.2) is 132 Å². The molecule has 0 aliphatic carbocycles. The molecule has 8 aromatic rings. The molecular formula is C50H37BN2S. The van der Waals surface area contributed by atoms with Crippen molar-refractivity contribution >= 4 is 101 Å². The Morgan fingerprint density at radius 2 is 1.31 bits per heavy atom. The third-order valence-electron chi connectivity index (χ3n) is 11.9. The summed E-state index contributed by atoms with van der Waals surface area (Å²) in [5.41, 5.74) is 19.6. The Balaban J connectivity index is 1.11. The van der Waals surface area contributed by atoms with Gasteiger partial charge in [-0.3, -0.25) is 4.99 Å². The Kier molecular flexibility index (Phi) is 6.88. The molecule has 256 valence electrons. The van der Waals surface area contributed by atoms with Crippen molar-refractivity contribution in [3.63, 3.8) is 0 Å². The molecule has 0 fully saturated rings. The van der Waals surface area contributed by atoms with Gasteiger partial charge in [-0.05, 0) is 103 Å². The summed E-state index contributed by atoms with van der Waals surface area (Å²) >= 11 is 1.87. The van der Waals surface area contributed by atoms with E-state index in [0.29, 0.717) is 0 Å². The Labute approximate surface area is 320 Å². The molecule has 0 saturated carbocycles. The highest BCUT2D eigenvalue weighted by molar-refractivity contribution is 7.20. The third-order valence-corrected chi connectivity index (χ3v) is 13.1. The summed E-state index contributed by atoms with van der Waals surface area (Å²) in [6.45, 7) is 9.25. The van der Waals surface area contributed by atoms with E-state index in [9.17, 15) is 0 Å². The van der Waals surface area contributed by atoms with E-state index in [1.54, 1.807) is 0 Å². The van der Waals surface area contributed by atoms with Crippen LogP contribution in [-0.4, -0.2) is 12.9 Å². The van der Waals surface area contributed by atoms with Gasteiger partial charge >= 0.3 is 0 Å². The van der Waals surface area contributed by atoms with Gasteiger partial charge in [0.2, 0.25) is 6.71 Å². The van der Waals surface area contributed by atoms with Crippen LogP contribution in [0.5, 0.6) is 0 Å². The van der Waals surface area contributed by atoms with E-state index in [-0.39, 0.29) is 6.71 Å². The van der Waals surface area contributed by atoms with E-state index < -0.39 is 0 Å². The first-order valence-corrected chi connectivity index (χ1v) is 19.8. The molecule has 3 aliphatic rings. The zero-order valence-electron chi connectivity index (χ0n) is 30.9. The van der Waals surface area contributed by atoms with Crippen molar-refractivity contribution in [1.29, 1.82) is 0 Å². The number of thiophene rings is 1. The minimum absolute atomic E-state index is 0.190. The number of nitrogens with zero attached hydrogens (tertiary/aromatic N) is 2. The molecule has 1 aromatic heterocycles. The number of benzene rings is 7. The minimum atomic E-state index is 0.190. The van der Waals surface area contributed by atoms with Crippen LogP contribution in [0.4, 0.5) is 11.4 Å². The molecule has 4 heterocycles. The van der Waals surface area contributed by atoms with Crippen molar-refractivity contribution in [3.05, 3.63) is 177 Å². The molecule has 11 rings (SSSR count). The Morgan fingerprint density at radius 1 is 0.630 bits per heavy atom. The first kappa shape index (κ1) is 31.6. The molecule has 4 heteroatoms. The number of hydrogen-bond acceptors (Lipinski definition) is 3. The van der Waals surface area contributed by atoms with Crippen LogP contribution in [0, 0.1) is 27.7 Å². The van der Waals surface area contributed by atoms with Gasteiger partial charge in [-0.2, -0.15) is 0 Å². The van der Waals surface area contributed by atoms with Crippen LogP contribution >= 0.6 is 11.3 Å². The number of hydrogen-bond donors (Lipinski definition) is 0. The molecule has 2 nitrogen and oxygen atoms in total. The topological polar surface area (TPSA) is 15.6 Å². The maximum Gasteiger partial charge on any atom is 0.242 e. The third kappa shape index (κ3) is 4.69. The summed E-state index contributed by atoms with van der Waals surface area (Å²) in [5.74, 6) is 0. The van der Waals surface area contributed by atoms with Crippen LogP contribution < -0.4 is 21.3 Å². The number of aliphatic imine (C=N–C) groups is 1. The van der Waals surface area contributed by atoms with Crippen molar-refractivity contribution in [3.8, 4) is 0 Å². The van der Waals surface area contributed by atoms with Crippen molar-refractivity contribution in [2.45, 2.75) is 34.1 Å². The summed E-state index contributed by atoms with van der Waals surface area (Å²) in [6.07, 6.45) is 7.64. The highest BCUT2D eigenvalue weighted by Crippen LogP contribution is 2.51. The van der Waals surface area contributed by atoms with Gasteiger partial charge in [0.15, 0.2) is 0 Å². The van der Waals surface area contributed by atoms with Gasteiger partial charge in [-0.15, -0.1) is 11.3 Å². The lowest BCUT2D eigenvalue weighted by atomic mass is 9.32. The fraction of sp³-hybridized carbons (Fsp3) is 0.100. The van der Waals surface area contributed by atoms with E-state index in [1.807, 2.05) is 17.6 Å². The molecule has 0 unspecified atom stereocenters. The summed E-state index contributed by atoms with van der Waals surface area (Å²) in [4.78, 5) is 8.93. The van der Waals surface area contributed by atoms with Crippen molar-refractivity contribution in [2.24, 2.45) is 4.99 Å². The maximum atomic E-state index is 5.18. The summed E-state index contributed by atoms with van der Waals surface area (Å²) < 4.78 is 1.30. The Hall–Kier alpha value is -5.97. The van der Waals surface area contributed by atoms with Gasteiger partial charge in [-0.25, -0.2) is 0 Å². The van der Waals surface area contributed by atoms with Gasteiger partial charge in [0, 0.05) is 27.3 Å². The Morgan fingerprint density at radius 3 is 2.06 bits per heavy atom. The van der Waals surface area contributed by atoms with Crippen LogP contribution in [0.25, 0.3) is 49.1 Å². The molecule has 0 bridgehead atoms. The van der Waals surface area contributed by atoms with E-state index in [0.717, 1.165) is 17.8 Å². The molecule has 3 aliphatic heterocycles. The zero-order chi connectivity index (χ0) is 36.2. The second kappa shape index (κ2) is 11.8. The Bertz CT molecular complexity index is 2960. The highest BCUT2D eigenvalue weighted by Gasteiger charge is 2.35. The van der Waals surface area contributed by atoms with Gasteiger partial charge in [0.25, 0.3) is 0 Å². The second-order valence-electron chi connectivity index (χ2n) is 15.4. The standard InChI is InChI=1S/C50H37BN2S/c1-29-21-31(3)47-37(23-29)26-38-24-30(2)22-32(4)48(38)51(47)39-16-13-33(14-17-39)45-28-42-40-11-7-8-12-46(40)54-50(42)44-19-20-52-49-41-27-35-10-6-5-9-34(35)25-36(41)15-18-43(49)53(44)45/h5-25,27-28H,26H2,1-4H3. The van der Waals surface area contributed by atoms with Gasteiger partial charge in [-0.1, -0.05) is 136 Å². The molecule has 0 spiro atoms. The maximum absolute atomic E-state index is 5.18. The molecule has 0 N–H and O–H groups in total. The lowest BCUT2D eigenvalue weighted by molar-refractivity contribution is 1.16. The lowest BCUT2D eigenvalue weighted by Crippen LogP contribution is -2.58. The van der Waals surface area contributed by atoms with Gasteiger partial charge in [0.1, 0.15) is 0 Å². The van der Waals surface area contributed by atoms with Gasteiger partial charge in [0.05, 0.1) is 27.6 Å². The van der Waals surface area contributed by atoms with Crippen molar-refractivity contribution in [1.82, 2.24) is 0 Å². The molecule has 0 atom stereocenters. The summed E-state index contributed by atoms with van der Waals surface area (Å²) in [5, 5.41) is 6.13. The largest absolute Gasteiger partial charge is 0.306 e. The van der Waals surface area contributed by atoms with Gasteiger partial charge < -0.3 is 4.90 Å². The number of rotatable bonds is 2. The van der Waals surface area contributed by atoms with Crippen molar-refractivity contribution in [2.75, 3.05) is 4.90 Å². The monoisotopic (exact) mass is 708 g/mol. The fourth-order valence-electron chi connectivity index (χ4n) is 9.72. The average Bonchev–Trinajstić information content (AvgIpc) is 3.43. The summed E-state index contributed by atoms with van der Waals surface area (Å²) in [6, 6.07) is 45.7. The zero-order valence-corrected chi connectivity index (χ0v) is 31.7. The normalized spacial score (nSPS) is 14.3. The molecule has 0 radical (unpaired) electrons. The predicted octanol–water partition coefficient (Wildman–Crippen LogP) is 10.9. The number of aryl methyl sites for hydroxylation is 4. The van der Waals surface area contributed by atoms with Crippen molar-refractivity contribution < 1.29 is 0 Å². The number of allylic oxidation sites excluding steroid dienone is 1. The summed E-state index contributed by atoms with van der Waals surface area (Å²) in [7, 11) is 0. The van der Waals surface area contributed by atoms with Crippen LogP contribution in [-0.2, 0) is 6.42 Å². The first-order valence-electron chi connectivity index (χ1n) is 18.9. The highest BCUT2D eigenvalue weighted by atomic mass is 32.1. The SMILES string of the molecule is Cc1cc(C)c2c(c1)Cc1cc(C)cc(C)c1B2c1ccc(C2=Cc3c(sc4ccccc34)C3=CC=Nc4c(ccc5cc6ccccc6cc45)N23)cc1. The van der Waals surface area contributed by atoms with E-state index in [1.165, 1.54) is 109 Å². The second-order valence-corrected chi connectivity index (χ2v) is 16.5. The molecule has 54 heavy (non-hydrogen) atoms. The number of fused-ring (bicyclic) bond motifs is 12.